The minimum Gasteiger partial charge on any atom is -0.394 e. The minimum atomic E-state index is -1.18. The first-order valence-corrected chi connectivity index (χ1v) is 9.20. The standard InChI is InChI=1S/C14H19IN6O4/c15-14-17-11(19-20-3-1-2-4-20)8-12(18-14)21(6-16-8)13-10(24)9(23)7(5-22)25-13/h6-7,9-10,13,22-24H,1-5H2,(H,17,18,19)/t7-,9?,10?,13-/m1/s1. The lowest BCUT2D eigenvalue weighted by molar-refractivity contribution is -0.0511. The van der Waals surface area contributed by atoms with Gasteiger partial charge in [0, 0.05) is 35.7 Å². The second-order valence-electron chi connectivity index (χ2n) is 6.20. The van der Waals surface area contributed by atoms with Gasteiger partial charge in [0.1, 0.15) is 18.3 Å². The number of nitrogens with zero attached hydrogens (tertiary/aromatic N) is 5. The summed E-state index contributed by atoms with van der Waals surface area (Å²) >= 11 is 2.02. The van der Waals surface area contributed by atoms with Crippen LogP contribution in [0.5, 0.6) is 0 Å². The normalized spacial score (nSPS) is 30.4. The average Bonchev–Trinajstić information content (AvgIpc) is 3.29. The van der Waals surface area contributed by atoms with Gasteiger partial charge in [-0.3, -0.25) is 4.57 Å². The maximum absolute atomic E-state index is 10.3. The van der Waals surface area contributed by atoms with Gasteiger partial charge in [-0.05, 0) is 12.8 Å². The molecule has 10 nitrogen and oxygen atoms in total. The van der Waals surface area contributed by atoms with Crippen LogP contribution in [0.4, 0.5) is 5.82 Å². The number of aromatic nitrogens is 4. The van der Waals surface area contributed by atoms with E-state index in [2.05, 4.69) is 25.4 Å². The van der Waals surface area contributed by atoms with Crippen LogP contribution in [0, 0.1) is 3.83 Å². The Morgan fingerprint density at radius 3 is 2.68 bits per heavy atom. The number of rotatable bonds is 4. The Morgan fingerprint density at radius 2 is 2.00 bits per heavy atom. The molecule has 2 aliphatic heterocycles. The Balaban J connectivity index is 1.70. The summed E-state index contributed by atoms with van der Waals surface area (Å²) in [5, 5.41) is 31.6. The third-order valence-electron chi connectivity index (χ3n) is 4.56. The zero-order valence-corrected chi connectivity index (χ0v) is 15.4. The Morgan fingerprint density at radius 1 is 1.24 bits per heavy atom. The van der Waals surface area contributed by atoms with Crippen LogP contribution in [0.15, 0.2) is 6.33 Å². The summed E-state index contributed by atoms with van der Waals surface area (Å²) in [6, 6.07) is 0. The van der Waals surface area contributed by atoms with Crippen molar-refractivity contribution < 1.29 is 20.1 Å². The molecule has 0 spiro atoms. The minimum absolute atomic E-state index is 0.379. The Hall–Kier alpha value is -1.12. The fourth-order valence-electron chi connectivity index (χ4n) is 3.24. The maximum atomic E-state index is 10.3. The number of hydrogen-bond acceptors (Lipinski definition) is 9. The van der Waals surface area contributed by atoms with Gasteiger partial charge in [0.25, 0.3) is 0 Å². The van der Waals surface area contributed by atoms with Crippen LogP contribution in [0.25, 0.3) is 11.2 Å². The topological polar surface area (TPSA) is 129 Å². The van der Waals surface area contributed by atoms with Crippen molar-refractivity contribution in [3.63, 3.8) is 0 Å². The van der Waals surface area contributed by atoms with Crippen molar-refractivity contribution in [2.24, 2.45) is 0 Å². The molecule has 4 rings (SSSR count). The maximum Gasteiger partial charge on any atom is 0.194 e. The van der Waals surface area contributed by atoms with Crippen molar-refractivity contribution in [1.82, 2.24) is 24.5 Å². The fraction of sp³-hybridized carbons (Fsp3) is 0.643. The summed E-state index contributed by atoms with van der Waals surface area (Å²) in [5.41, 5.74) is 4.33. The van der Waals surface area contributed by atoms with Crippen molar-refractivity contribution in [3.8, 4) is 0 Å². The molecular formula is C14H19IN6O4. The van der Waals surface area contributed by atoms with Crippen molar-refractivity contribution in [2.45, 2.75) is 37.4 Å². The van der Waals surface area contributed by atoms with Gasteiger partial charge in [0.15, 0.2) is 27.0 Å². The summed E-state index contributed by atoms with van der Waals surface area (Å²) in [4.78, 5) is 13.2. The molecule has 2 saturated heterocycles. The number of halogens is 1. The second kappa shape index (κ2) is 6.89. The van der Waals surface area contributed by atoms with Crippen molar-refractivity contribution in [2.75, 3.05) is 25.1 Å². The van der Waals surface area contributed by atoms with E-state index in [0.717, 1.165) is 25.9 Å². The molecule has 4 heterocycles. The molecule has 2 aromatic heterocycles. The first kappa shape index (κ1) is 17.3. The SMILES string of the molecule is OC[C@H]1O[C@@H](n2cnc3c(NN4CCCC4)nc(I)nc32)C(O)C1O. The molecule has 2 aromatic rings. The summed E-state index contributed by atoms with van der Waals surface area (Å²) in [7, 11) is 0. The first-order chi connectivity index (χ1) is 12.1. The van der Waals surface area contributed by atoms with Crippen LogP contribution in [0.3, 0.4) is 0 Å². The summed E-state index contributed by atoms with van der Waals surface area (Å²) in [6.45, 7) is 1.50. The zero-order valence-electron chi connectivity index (χ0n) is 13.3. The van der Waals surface area contributed by atoms with Gasteiger partial charge in [-0.1, -0.05) is 0 Å². The van der Waals surface area contributed by atoms with E-state index < -0.39 is 24.5 Å². The predicted molar refractivity (Wildman–Crippen MR) is 95.5 cm³/mol. The summed E-state index contributed by atoms with van der Waals surface area (Å²) < 4.78 is 7.68. The molecule has 2 unspecified atom stereocenters. The van der Waals surface area contributed by atoms with E-state index in [0.29, 0.717) is 20.8 Å². The number of aliphatic hydroxyl groups is 3. The average molecular weight is 462 g/mol. The van der Waals surface area contributed by atoms with Gasteiger partial charge in [0.2, 0.25) is 0 Å². The Kier molecular flexibility index (Phi) is 4.77. The van der Waals surface area contributed by atoms with E-state index in [1.807, 2.05) is 22.6 Å². The first-order valence-electron chi connectivity index (χ1n) is 8.12. The lowest BCUT2D eigenvalue weighted by Crippen LogP contribution is -2.33. The predicted octanol–water partition coefficient (Wildman–Crippen LogP) is -0.535. The van der Waals surface area contributed by atoms with Gasteiger partial charge in [-0.25, -0.2) is 20.0 Å². The summed E-state index contributed by atoms with van der Waals surface area (Å²) in [5.74, 6) is 0.599. The number of hydrogen-bond donors (Lipinski definition) is 4. The second-order valence-corrected chi connectivity index (χ2v) is 7.16. The van der Waals surface area contributed by atoms with E-state index in [9.17, 15) is 15.3 Å². The lowest BCUT2D eigenvalue weighted by atomic mass is 10.1. The Labute approximate surface area is 157 Å². The molecule has 2 aliphatic rings. The largest absolute Gasteiger partial charge is 0.394 e. The highest BCUT2D eigenvalue weighted by Crippen LogP contribution is 2.32. The molecule has 136 valence electrons. The van der Waals surface area contributed by atoms with E-state index in [1.165, 1.54) is 6.33 Å². The summed E-state index contributed by atoms with van der Waals surface area (Å²) in [6.07, 6.45) is -0.300. The molecule has 11 heteroatoms. The molecule has 0 radical (unpaired) electrons. The van der Waals surface area contributed by atoms with Crippen LogP contribution < -0.4 is 5.43 Å². The van der Waals surface area contributed by atoms with Gasteiger partial charge in [0.05, 0.1) is 12.9 Å². The molecule has 0 amide bonds. The van der Waals surface area contributed by atoms with Crippen LogP contribution in [0.2, 0.25) is 0 Å². The smallest absolute Gasteiger partial charge is 0.194 e. The number of hydrazine groups is 1. The van der Waals surface area contributed by atoms with Crippen LogP contribution in [0.1, 0.15) is 19.1 Å². The van der Waals surface area contributed by atoms with Gasteiger partial charge >= 0.3 is 0 Å². The molecule has 4 N–H and O–H groups in total. The highest BCUT2D eigenvalue weighted by Gasteiger charge is 2.44. The molecule has 0 saturated carbocycles. The van der Waals surface area contributed by atoms with Gasteiger partial charge in [-0.15, -0.1) is 0 Å². The van der Waals surface area contributed by atoms with Gasteiger partial charge in [-0.2, -0.15) is 0 Å². The number of imidazole rings is 1. The molecule has 0 aromatic carbocycles. The Bertz CT molecular complexity index is 767. The van der Waals surface area contributed by atoms with Crippen LogP contribution in [-0.4, -0.2) is 77.9 Å². The highest BCUT2D eigenvalue weighted by molar-refractivity contribution is 14.1. The van der Waals surface area contributed by atoms with Crippen LogP contribution in [-0.2, 0) is 4.74 Å². The number of aliphatic hydroxyl groups excluding tert-OH is 3. The number of ether oxygens (including phenoxy) is 1. The number of nitrogens with one attached hydrogen (secondary N) is 1. The lowest BCUT2D eigenvalue weighted by Gasteiger charge is -2.18. The number of fused-ring (bicyclic) bond motifs is 1. The van der Waals surface area contributed by atoms with Gasteiger partial charge < -0.3 is 25.5 Å². The fourth-order valence-corrected chi connectivity index (χ4v) is 3.71. The molecule has 4 atom stereocenters. The van der Waals surface area contributed by atoms with Crippen molar-refractivity contribution >= 4 is 39.6 Å². The molecule has 2 fully saturated rings. The highest BCUT2D eigenvalue weighted by atomic mass is 127. The third-order valence-corrected chi connectivity index (χ3v) is 5.04. The van der Waals surface area contributed by atoms with Crippen molar-refractivity contribution in [3.05, 3.63) is 10.2 Å². The van der Waals surface area contributed by atoms with E-state index in [1.54, 1.807) is 4.57 Å². The van der Waals surface area contributed by atoms with Crippen molar-refractivity contribution in [1.29, 1.82) is 0 Å². The van der Waals surface area contributed by atoms with E-state index >= 15 is 0 Å². The third kappa shape index (κ3) is 3.08. The van der Waals surface area contributed by atoms with E-state index in [4.69, 9.17) is 4.74 Å². The van der Waals surface area contributed by atoms with E-state index in [-0.39, 0.29) is 6.61 Å². The molecule has 25 heavy (non-hydrogen) atoms. The number of anilines is 1. The quantitative estimate of drug-likeness (QED) is 0.350. The van der Waals surface area contributed by atoms with Crippen LogP contribution >= 0.6 is 22.6 Å². The monoisotopic (exact) mass is 462 g/mol. The molecular weight excluding hydrogens is 443 g/mol. The zero-order chi connectivity index (χ0) is 17.6. The molecule has 0 aliphatic carbocycles. The molecule has 0 bridgehead atoms.